The van der Waals surface area contributed by atoms with Crippen LogP contribution < -0.4 is 10.1 Å². The first-order chi connectivity index (χ1) is 14.9. The molecule has 0 saturated heterocycles. The number of carbonyl (C=O) groups is 1. The molecule has 1 heterocycles. The molecule has 0 bridgehead atoms. The summed E-state index contributed by atoms with van der Waals surface area (Å²) < 4.78 is 23.1. The predicted octanol–water partition coefficient (Wildman–Crippen LogP) is 5.58. The van der Waals surface area contributed by atoms with Crippen LogP contribution in [-0.2, 0) is 25.6 Å². The van der Waals surface area contributed by atoms with Crippen LogP contribution in [0.5, 0.6) is 5.75 Å². The first kappa shape index (κ1) is 23.4. The summed E-state index contributed by atoms with van der Waals surface area (Å²) in [7, 11) is 0. The summed E-state index contributed by atoms with van der Waals surface area (Å²) in [5.74, 6) is -0.394. The number of rotatable bonds is 10. The molecular weight excluding hydrogens is 435 g/mol. The Morgan fingerprint density at radius 3 is 2.26 bits per heavy atom. The molecule has 3 aromatic rings. The van der Waals surface area contributed by atoms with Gasteiger partial charge in [-0.3, -0.25) is 13.8 Å². The molecule has 0 aliphatic carbocycles. The number of benzene rings is 2. The minimum absolute atomic E-state index is 0.0681. The van der Waals surface area contributed by atoms with Crippen molar-refractivity contribution in [1.29, 1.82) is 0 Å². The summed E-state index contributed by atoms with van der Waals surface area (Å²) in [5, 5.41) is 0.565. The van der Waals surface area contributed by atoms with Crippen molar-refractivity contribution in [3.63, 3.8) is 0 Å². The van der Waals surface area contributed by atoms with Gasteiger partial charge in [0.25, 0.3) is 0 Å². The first-order valence-corrected chi connectivity index (χ1v) is 12.6. The molecule has 0 spiro atoms. The highest BCUT2D eigenvalue weighted by Crippen LogP contribution is 2.52. The van der Waals surface area contributed by atoms with Gasteiger partial charge in [-0.1, -0.05) is 42.5 Å². The van der Waals surface area contributed by atoms with E-state index < -0.39 is 18.3 Å². The molecule has 0 N–H and O–H groups in total. The number of hydrogen-bond donors (Lipinski definition) is 0. The van der Waals surface area contributed by atoms with Crippen molar-refractivity contribution in [2.24, 2.45) is 0 Å². The molecule has 1 aromatic heterocycles. The Balaban J connectivity index is 2.30. The maximum Gasteiger partial charge on any atom is 0.380 e. The van der Waals surface area contributed by atoms with Crippen molar-refractivity contribution in [1.82, 2.24) is 0 Å². The van der Waals surface area contributed by atoms with E-state index >= 15 is 0 Å². The summed E-state index contributed by atoms with van der Waals surface area (Å²) in [6.07, 6.45) is 0.107. The van der Waals surface area contributed by atoms with Gasteiger partial charge >= 0.3 is 12.3 Å². The number of Topliss-reactive ketones (excluding diaryl/α,β-unsaturated/α-hetero) is 1. The average molecular weight is 460 g/mol. The molecule has 8 heteroatoms. The van der Waals surface area contributed by atoms with Gasteiger partial charge in [-0.05, 0) is 38.5 Å². The van der Waals surface area contributed by atoms with Crippen LogP contribution >= 0.6 is 6.72 Å². The summed E-state index contributed by atoms with van der Waals surface area (Å²) in [4.78, 5) is 25.3. The summed E-state index contributed by atoms with van der Waals surface area (Å²) >= 11 is 5.58. The normalized spacial score (nSPS) is 12.6. The van der Waals surface area contributed by atoms with Gasteiger partial charge in [-0.15, -0.1) is 0 Å². The van der Waals surface area contributed by atoms with Gasteiger partial charge in [-0.25, -0.2) is 4.79 Å². The summed E-state index contributed by atoms with van der Waals surface area (Å²) in [6.45, 7) is 2.48. The minimum Gasteiger partial charge on any atom is -0.423 e. The second-order valence-electron chi connectivity index (χ2n) is 6.87. The maximum absolute atomic E-state index is 13.2. The lowest BCUT2D eigenvalue weighted by molar-refractivity contribution is -0.117. The van der Waals surface area contributed by atoms with E-state index in [1.165, 1.54) is 6.92 Å². The molecule has 1 atom stereocenters. The first-order valence-electron chi connectivity index (χ1n) is 10.1. The Hall–Kier alpha value is -2.31. The van der Waals surface area contributed by atoms with Crippen LogP contribution in [0.2, 0.25) is 0 Å². The highest BCUT2D eigenvalue weighted by atomic mass is 32.5. The van der Waals surface area contributed by atoms with E-state index in [1.54, 1.807) is 32.0 Å². The Morgan fingerprint density at radius 1 is 1.03 bits per heavy atom. The quantitative estimate of drug-likeness (QED) is 0.289. The van der Waals surface area contributed by atoms with Crippen molar-refractivity contribution in [2.75, 3.05) is 13.2 Å². The van der Waals surface area contributed by atoms with E-state index in [4.69, 9.17) is 29.8 Å². The van der Waals surface area contributed by atoms with E-state index in [0.717, 1.165) is 5.56 Å². The second kappa shape index (κ2) is 10.3. The second-order valence-corrected chi connectivity index (χ2v) is 9.81. The topological polar surface area (TPSA) is 75.0 Å². The van der Waals surface area contributed by atoms with E-state index in [2.05, 4.69) is 0 Å². The van der Waals surface area contributed by atoms with E-state index in [0.29, 0.717) is 24.2 Å². The third kappa shape index (κ3) is 5.49. The van der Waals surface area contributed by atoms with Crippen molar-refractivity contribution >= 4 is 35.3 Å². The van der Waals surface area contributed by atoms with E-state index in [9.17, 15) is 9.59 Å². The molecule has 164 valence electrons. The van der Waals surface area contributed by atoms with E-state index in [-0.39, 0.29) is 23.5 Å². The molecule has 0 saturated carbocycles. The molecule has 1 unspecified atom stereocenters. The van der Waals surface area contributed by atoms with Crippen LogP contribution in [0.1, 0.15) is 44.2 Å². The van der Waals surface area contributed by atoms with Gasteiger partial charge in [0.05, 0.1) is 24.2 Å². The zero-order valence-corrected chi connectivity index (χ0v) is 19.4. The minimum atomic E-state index is -3.19. The van der Waals surface area contributed by atoms with Crippen molar-refractivity contribution in [3.8, 4) is 5.75 Å². The number of para-hydroxylation sites is 1. The maximum atomic E-state index is 13.2. The number of fused-ring (bicyclic) bond motifs is 1. The number of ketones is 1. The molecular formula is C23H25O6PS. The van der Waals surface area contributed by atoms with Gasteiger partial charge in [0.15, 0.2) is 5.75 Å². The molecule has 0 radical (unpaired) electrons. The molecule has 31 heavy (non-hydrogen) atoms. The van der Waals surface area contributed by atoms with Gasteiger partial charge in [0.2, 0.25) is 0 Å². The fourth-order valence-corrected chi connectivity index (χ4v) is 5.50. The van der Waals surface area contributed by atoms with Crippen LogP contribution in [0.25, 0.3) is 11.0 Å². The van der Waals surface area contributed by atoms with Crippen molar-refractivity contribution < 1.29 is 22.8 Å². The largest absolute Gasteiger partial charge is 0.423 e. The molecule has 0 fully saturated rings. The Kier molecular flexibility index (Phi) is 7.79. The molecule has 0 amide bonds. The lowest BCUT2D eigenvalue weighted by Crippen LogP contribution is -2.18. The Bertz CT molecular complexity index is 1150. The standard InChI is InChI=1S/C23H25O6PS/c1-4-26-30(31,27-5-2)29-22-18-13-9-10-14-20(18)28-23(25)21(22)19(15-16(3)24)17-11-7-6-8-12-17/h6-14,19H,4-5,15H2,1-3H3. The fraction of sp³-hybridized carbons (Fsp3) is 0.304. The van der Waals surface area contributed by atoms with Crippen LogP contribution in [-0.4, -0.2) is 19.0 Å². The summed E-state index contributed by atoms with van der Waals surface area (Å²) in [5.41, 5.74) is 0.800. The van der Waals surface area contributed by atoms with Gasteiger partial charge in [0.1, 0.15) is 11.4 Å². The zero-order valence-electron chi connectivity index (χ0n) is 17.7. The van der Waals surface area contributed by atoms with Crippen molar-refractivity contribution in [2.45, 2.75) is 33.1 Å². The summed E-state index contributed by atoms with van der Waals surface area (Å²) in [6, 6.07) is 16.4. The molecule has 3 rings (SSSR count). The Labute approximate surface area is 186 Å². The highest BCUT2D eigenvalue weighted by Gasteiger charge is 2.31. The van der Waals surface area contributed by atoms with Crippen LogP contribution in [0.4, 0.5) is 0 Å². The van der Waals surface area contributed by atoms with Gasteiger partial charge < -0.3 is 8.94 Å². The number of hydrogen-bond acceptors (Lipinski definition) is 7. The highest BCUT2D eigenvalue weighted by molar-refractivity contribution is 8.07. The smallest absolute Gasteiger partial charge is 0.380 e. The lowest BCUT2D eigenvalue weighted by Gasteiger charge is -2.25. The monoisotopic (exact) mass is 460 g/mol. The molecule has 0 aliphatic heterocycles. The lowest BCUT2D eigenvalue weighted by atomic mass is 9.87. The molecule has 0 aliphatic rings. The average Bonchev–Trinajstić information content (AvgIpc) is 2.73. The SMILES string of the molecule is CCOP(=S)(OCC)Oc1c(C(CC(C)=O)c2ccccc2)c(=O)oc2ccccc12. The predicted molar refractivity (Wildman–Crippen MR) is 124 cm³/mol. The van der Waals surface area contributed by atoms with Crippen LogP contribution in [0, 0.1) is 0 Å². The third-order valence-electron chi connectivity index (χ3n) is 4.62. The number of carbonyl (C=O) groups excluding carboxylic acids is 1. The fourth-order valence-electron chi connectivity index (χ4n) is 3.41. The molecule has 2 aromatic carbocycles. The van der Waals surface area contributed by atoms with Crippen LogP contribution in [0.3, 0.4) is 0 Å². The van der Waals surface area contributed by atoms with E-state index in [1.807, 2.05) is 36.4 Å². The third-order valence-corrected chi connectivity index (χ3v) is 7.03. The van der Waals surface area contributed by atoms with Crippen molar-refractivity contribution in [3.05, 3.63) is 76.1 Å². The zero-order chi connectivity index (χ0) is 22.4. The van der Waals surface area contributed by atoms with Gasteiger partial charge in [-0.2, -0.15) is 0 Å². The molecule has 6 nitrogen and oxygen atoms in total. The van der Waals surface area contributed by atoms with Gasteiger partial charge in [0, 0.05) is 24.1 Å². The van der Waals surface area contributed by atoms with Crippen LogP contribution in [0.15, 0.2) is 63.8 Å². The Morgan fingerprint density at radius 2 is 1.65 bits per heavy atom.